The summed E-state index contributed by atoms with van der Waals surface area (Å²) in [6.45, 7) is 18.7. The first-order chi connectivity index (χ1) is 18.9. The van der Waals surface area contributed by atoms with Crippen molar-refractivity contribution in [2.24, 2.45) is 10.8 Å². The average molecular weight is 555 g/mol. The quantitative estimate of drug-likeness (QED) is 0.173. The Bertz CT molecular complexity index is 985. The van der Waals surface area contributed by atoms with E-state index in [0.29, 0.717) is 11.1 Å². The molecular formula is C32H42O8. The Hall–Kier alpha value is -4.20. The number of hydrogen-bond donors (Lipinski definition) is 0. The fourth-order valence-electron chi connectivity index (χ4n) is 2.57. The molecule has 0 amide bonds. The van der Waals surface area contributed by atoms with Crippen molar-refractivity contribution >= 4 is 23.9 Å². The Balaban J connectivity index is 0.000000716. The zero-order valence-electron chi connectivity index (χ0n) is 24.4. The molecule has 2 rings (SSSR count). The predicted octanol–water partition coefficient (Wildman–Crippen LogP) is 6.22. The Morgan fingerprint density at radius 2 is 0.850 bits per heavy atom. The van der Waals surface area contributed by atoms with E-state index < -0.39 is 22.8 Å². The Kier molecular flexibility index (Phi) is 17.0. The van der Waals surface area contributed by atoms with E-state index in [-0.39, 0.29) is 38.4 Å². The zero-order valence-corrected chi connectivity index (χ0v) is 24.4. The maximum absolute atomic E-state index is 11.7. The van der Waals surface area contributed by atoms with Crippen LogP contribution in [0.15, 0.2) is 86.0 Å². The second-order valence-electron chi connectivity index (χ2n) is 9.84. The summed E-state index contributed by atoms with van der Waals surface area (Å²) < 4.78 is 20.3. The molecule has 0 saturated heterocycles. The molecule has 0 aliphatic rings. The van der Waals surface area contributed by atoms with Gasteiger partial charge in [-0.25, -0.2) is 19.2 Å². The second kappa shape index (κ2) is 19.0. The lowest BCUT2D eigenvalue weighted by Crippen LogP contribution is -2.28. The molecule has 2 aromatic carbocycles. The Labute approximate surface area is 238 Å². The molecule has 8 nitrogen and oxygen atoms in total. The van der Waals surface area contributed by atoms with Crippen LogP contribution in [0.25, 0.3) is 0 Å². The molecule has 0 unspecified atom stereocenters. The van der Waals surface area contributed by atoms with Crippen molar-refractivity contribution in [1.82, 2.24) is 0 Å². The number of hydrogen-bond acceptors (Lipinski definition) is 8. The molecule has 0 N–H and O–H groups in total. The van der Waals surface area contributed by atoms with Crippen LogP contribution in [0.4, 0.5) is 0 Å². The molecule has 40 heavy (non-hydrogen) atoms. The maximum atomic E-state index is 11.7. The van der Waals surface area contributed by atoms with E-state index in [0.717, 1.165) is 12.2 Å². The molecule has 0 spiro atoms. The number of esters is 4. The van der Waals surface area contributed by atoms with E-state index in [1.54, 1.807) is 48.5 Å². The molecule has 0 radical (unpaired) electrons. The van der Waals surface area contributed by atoms with Crippen molar-refractivity contribution in [3.8, 4) is 0 Å². The summed E-state index contributed by atoms with van der Waals surface area (Å²) in [7, 11) is 0. The molecule has 8 heteroatoms. The summed E-state index contributed by atoms with van der Waals surface area (Å²) in [4.78, 5) is 45.4. The molecule has 0 aliphatic carbocycles. The third-order valence-corrected chi connectivity index (χ3v) is 4.75. The van der Waals surface area contributed by atoms with Crippen molar-refractivity contribution < 1.29 is 38.1 Å². The van der Waals surface area contributed by atoms with Crippen molar-refractivity contribution in [2.75, 3.05) is 26.4 Å². The van der Waals surface area contributed by atoms with Crippen LogP contribution >= 0.6 is 0 Å². The van der Waals surface area contributed by atoms with E-state index >= 15 is 0 Å². The van der Waals surface area contributed by atoms with Crippen LogP contribution in [0.5, 0.6) is 0 Å². The third kappa shape index (κ3) is 15.9. The zero-order chi connectivity index (χ0) is 30.6. The van der Waals surface area contributed by atoms with Gasteiger partial charge in [0.05, 0.1) is 37.6 Å². The average Bonchev–Trinajstić information content (AvgIpc) is 2.98. The molecule has 0 aliphatic heterocycles. The van der Waals surface area contributed by atoms with Crippen LogP contribution in [0.2, 0.25) is 0 Å². The Morgan fingerprint density at radius 1 is 0.575 bits per heavy atom. The minimum atomic E-state index is -0.484. The standard InChI is InChI=1S/2C15H18O4.C2H6/c2*1-4-13(16)18-10-15(2,3)11-19-14(17)12-8-6-5-7-9-12;1-2/h2*4-9H,1,10-11H2,2-3H3;1-2H3. The lowest BCUT2D eigenvalue weighted by molar-refractivity contribution is -0.142. The molecule has 0 heterocycles. The fourth-order valence-corrected chi connectivity index (χ4v) is 2.57. The van der Waals surface area contributed by atoms with Crippen LogP contribution in [0.1, 0.15) is 62.3 Å². The number of benzene rings is 2. The smallest absolute Gasteiger partial charge is 0.338 e. The number of rotatable bonds is 12. The summed E-state index contributed by atoms with van der Waals surface area (Å²) in [5.41, 5.74) is 0.120. The molecule has 0 bridgehead atoms. The van der Waals surface area contributed by atoms with Gasteiger partial charge in [-0.15, -0.1) is 0 Å². The van der Waals surface area contributed by atoms with E-state index in [2.05, 4.69) is 13.2 Å². The van der Waals surface area contributed by atoms with Gasteiger partial charge in [0.25, 0.3) is 0 Å². The highest BCUT2D eigenvalue weighted by Gasteiger charge is 2.23. The summed E-state index contributed by atoms with van der Waals surface area (Å²) in [5, 5.41) is 0. The minimum Gasteiger partial charge on any atom is -0.462 e. The number of carbonyl (C=O) groups is 4. The van der Waals surface area contributed by atoms with E-state index in [9.17, 15) is 19.2 Å². The molecule has 0 aromatic heterocycles. The first-order valence-electron chi connectivity index (χ1n) is 12.9. The van der Waals surface area contributed by atoms with E-state index in [1.807, 2.05) is 53.7 Å². The molecule has 0 atom stereocenters. The Morgan fingerprint density at radius 3 is 1.12 bits per heavy atom. The van der Waals surface area contributed by atoms with Gasteiger partial charge in [0, 0.05) is 23.0 Å². The van der Waals surface area contributed by atoms with Crippen molar-refractivity contribution in [3.63, 3.8) is 0 Å². The molecule has 218 valence electrons. The minimum absolute atomic E-state index is 0.167. The van der Waals surface area contributed by atoms with Crippen LogP contribution in [-0.4, -0.2) is 50.3 Å². The third-order valence-electron chi connectivity index (χ3n) is 4.75. The van der Waals surface area contributed by atoms with Crippen LogP contribution in [-0.2, 0) is 28.5 Å². The van der Waals surface area contributed by atoms with Gasteiger partial charge in [0.1, 0.15) is 0 Å². The lowest BCUT2D eigenvalue weighted by atomic mass is 9.96. The van der Waals surface area contributed by atoms with Gasteiger partial charge in [0.2, 0.25) is 0 Å². The summed E-state index contributed by atoms with van der Waals surface area (Å²) in [5.74, 6) is -1.74. The summed E-state index contributed by atoms with van der Waals surface area (Å²) in [6.07, 6.45) is 2.21. The van der Waals surface area contributed by atoms with E-state index in [4.69, 9.17) is 18.9 Å². The molecule has 2 aromatic rings. The fraction of sp³-hybridized carbons (Fsp3) is 0.375. The van der Waals surface area contributed by atoms with Gasteiger partial charge in [-0.2, -0.15) is 0 Å². The van der Waals surface area contributed by atoms with Crippen molar-refractivity contribution in [2.45, 2.75) is 41.5 Å². The SMILES string of the molecule is C=CC(=O)OCC(C)(C)COC(=O)c1ccccc1.C=CC(=O)OCC(C)(C)COC(=O)c1ccccc1.CC. The van der Waals surface area contributed by atoms with E-state index in [1.165, 1.54) is 0 Å². The van der Waals surface area contributed by atoms with Gasteiger partial charge < -0.3 is 18.9 Å². The highest BCUT2D eigenvalue weighted by atomic mass is 16.6. The van der Waals surface area contributed by atoms with Crippen molar-refractivity contribution in [3.05, 3.63) is 97.1 Å². The van der Waals surface area contributed by atoms with Gasteiger partial charge in [-0.3, -0.25) is 0 Å². The van der Waals surface area contributed by atoms with Gasteiger partial charge >= 0.3 is 23.9 Å². The molecule has 0 saturated carbocycles. The number of ether oxygens (including phenoxy) is 4. The second-order valence-corrected chi connectivity index (χ2v) is 9.84. The van der Waals surface area contributed by atoms with Gasteiger partial charge in [-0.05, 0) is 24.3 Å². The van der Waals surface area contributed by atoms with Crippen LogP contribution in [0, 0.1) is 10.8 Å². The molecular weight excluding hydrogens is 512 g/mol. The summed E-state index contributed by atoms with van der Waals surface area (Å²) >= 11 is 0. The number of carbonyl (C=O) groups excluding carboxylic acids is 4. The summed E-state index contributed by atoms with van der Waals surface area (Å²) in [6, 6.07) is 17.5. The largest absolute Gasteiger partial charge is 0.462 e. The first kappa shape index (κ1) is 35.8. The highest BCUT2D eigenvalue weighted by Crippen LogP contribution is 2.18. The first-order valence-corrected chi connectivity index (χ1v) is 12.9. The normalized spacial score (nSPS) is 10.2. The highest BCUT2D eigenvalue weighted by molar-refractivity contribution is 5.89. The monoisotopic (exact) mass is 554 g/mol. The van der Waals surface area contributed by atoms with Crippen molar-refractivity contribution in [1.29, 1.82) is 0 Å². The maximum Gasteiger partial charge on any atom is 0.338 e. The van der Waals surface area contributed by atoms with Crippen LogP contribution < -0.4 is 0 Å². The molecule has 0 fully saturated rings. The predicted molar refractivity (Wildman–Crippen MR) is 155 cm³/mol. The lowest BCUT2D eigenvalue weighted by Gasteiger charge is -2.23. The topological polar surface area (TPSA) is 105 Å². The van der Waals surface area contributed by atoms with Gasteiger partial charge in [0.15, 0.2) is 0 Å². The van der Waals surface area contributed by atoms with Gasteiger partial charge in [-0.1, -0.05) is 91.1 Å². The van der Waals surface area contributed by atoms with Crippen LogP contribution in [0.3, 0.4) is 0 Å².